The van der Waals surface area contributed by atoms with Crippen molar-refractivity contribution in [3.63, 3.8) is 0 Å². The Balaban J connectivity index is 1.16. The topological polar surface area (TPSA) is 86.8 Å². The van der Waals surface area contributed by atoms with Crippen LogP contribution in [0.4, 0.5) is 21.3 Å². The number of ether oxygens (including phenoxy) is 1. The molecule has 0 saturated carbocycles. The van der Waals surface area contributed by atoms with Gasteiger partial charge in [-0.2, -0.15) is 0 Å². The second kappa shape index (κ2) is 9.76. The molecule has 33 heavy (non-hydrogen) atoms. The summed E-state index contributed by atoms with van der Waals surface area (Å²) in [5.41, 5.74) is 2.50. The van der Waals surface area contributed by atoms with Crippen LogP contribution in [-0.2, 0) is 9.53 Å². The Morgan fingerprint density at radius 3 is 2.45 bits per heavy atom. The van der Waals surface area contributed by atoms with Crippen molar-refractivity contribution in [2.45, 2.75) is 12.8 Å². The summed E-state index contributed by atoms with van der Waals surface area (Å²) >= 11 is 1.64. The molecule has 2 saturated heterocycles. The molecule has 8 nitrogen and oxygen atoms in total. The summed E-state index contributed by atoms with van der Waals surface area (Å²) in [7, 11) is 0. The second-order valence-electron chi connectivity index (χ2n) is 8.33. The number of anilines is 3. The molecular weight excluding hydrogens is 438 g/mol. The van der Waals surface area contributed by atoms with Gasteiger partial charge in [0.1, 0.15) is 0 Å². The zero-order chi connectivity index (χ0) is 22.6. The zero-order valence-corrected chi connectivity index (χ0v) is 19.1. The number of hydrogen-bond donors (Lipinski definition) is 2. The Kier molecular flexibility index (Phi) is 6.41. The molecule has 0 bridgehead atoms. The molecule has 2 aromatic carbocycles. The van der Waals surface area contributed by atoms with Gasteiger partial charge < -0.3 is 25.2 Å². The van der Waals surface area contributed by atoms with Crippen molar-refractivity contribution < 1.29 is 14.3 Å². The summed E-state index contributed by atoms with van der Waals surface area (Å²) in [6, 6.07) is 15.2. The molecule has 2 aliphatic rings. The normalized spacial score (nSPS) is 17.2. The third-order valence-electron chi connectivity index (χ3n) is 6.10. The number of nitrogens with zero attached hydrogens (tertiary/aromatic N) is 3. The molecule has 172 valence electrons. The Morgan fingerprint density at radius 1 is 0.939 bits per heavy atom. The molecule has 2 fully saturated rings. The molecule has 3 heterocycles. The fourth-order valence-electron chi connectivity index (χ4n) is 4.19. The number of hydrogen-bond acceptors (Lipinski definition) is 6. The average Bonchev–Trinajstić information content (AvgIpc) is 3.29. The Labute approximate surface area is 196 Å². The van der Waals surface area contributed by atoms with E-state index in [4.69, 9.17) is 9.72 Å². The minimum atomic E-state index is -0.119. The van der Waals surface area contributed by atoms with Crippen LogP contribution in [0.15, 0.2) is 48.5 Å². The van der Waals surface area contributed by atoms with Gasteiger partial charge in [0.15, 0.2) is 5.13 Å². The number of nitrogens with one attached hydrogen (secondary N) is 2. The summed E-state index contributed by atoms with van der Waals surface area (Å²) in [6.07, 6.45) is 1.30. The Morgan fingerprint density at radius 2 is 1.70 bits per heavy atom. The van der Waals surface area contributed by atoms with E-state index in [0.29, 0.717) is 25.9 Å². The van der Waals surface area contributed by atoms with E-state index in [9.17, 15) is 9.59 Å². The van der Waals surface area contributed by atoms with E-state index in [1.54, 1.807) is 16.2 Å². The van der Waals surface area contributed by atoms with Gasteiger partial charge in [-0.3, -0.25) is 4.79 Å². The highest BCUT2D eigenvalue weighted by Gasteiger charge is 2.27. The molecule has 0 unspecified atom stereocenters. The summed E-state index contributed by atoms with van der Waals surface area (Å²) < 4.78 is 6.48. The summed E-state index contributed by atoms with van der Waals surface area (Å²) in [6.45, 7) is 4.28. The number of benzene rings is 2. The number of amides is 3. The molecule has 3 amide bonds. The van der Waals surface area contributed by atoms with Crippen molar-refractivity contribution in [1.29, 1.82) is 0 Å². The number of piperidine rings is 1. The number of fused-ring (bicyclic) bond motifs is 1. The lowest BCUT2D eigenvalue weighted by Crippen LogP contribution is -2.43. The summed E-state index contributed by atoms with van der Waals surface area (Å²) in [5, 5.41) is 6.97. The van der Waals surface area contributed by atoms with Gasteiger partial charge in [-0.05, 0) is 43.2 Å². The minimum Gasteiger partial charge on any atom is -0.378 e. The lowest BCUT2D eigenvalue weighted by atomic mass is 9.96. The first kappa shape index (κ1) is 21.7. The summed E-state index contributed by atoms with van der Waals surface area (Å²) in [4.78, 5) is 34.1. The quantitative estimate of drug-likeness (QED) is 0.608. The predicted octanol–water partition coefficient (Wildman–Crippen LogP) is 4.02. The van der Waals surface area contributed by atoms with E-state index in [2.05, 4.69) is 15.5 Å². The van der Waals surface area contributed by atoms with Crippen LogP contribution in [0.3, 0.4) is 0 Å². The van der Waals surface area contributed by atoms with Crippen LogP contribution in [-0.4, -0.2) is 61.2 Å². The maximum absolute atomic E-state index is 12.9. The van der Waals surface area contributed by atoms with Crippen LogP contribution in [0.2, 0.25) is 0 Å². The van der Waals surface area contributed by atoms with Gasteiger partial charge in [0.2, 0.25) is 5.91 Å². The number of rotatable bonds is 4. The standard InChI is InChI=1S/C24H27N5O3S/c30-22(17-8-10-28(11-9-17)23(31)26-18-4-2-1-3-5-18)25-19-6-7-20-21(16-19)33-24(27-20)29-12-14-32-15-13-29/h1-7,16-17H,8-15H2,(H,25,30)(H,26,31). The SMILES string of the molecule is O=C(Nc1ccc2nc(N3CCOCC3)sc2c1)C1CCN(C(=O)Nc2ccccc2)CC1. The average molecular weight is 466 g/mol. The molecule has 2 N–H and O–H groups in total. The fraction of sp³-hybridized carbons (Fsp3) is 0.375. The minimum absolute atomic E-state index is 0.00962. The van der Waals surface area contributed by atoms with Gasteiger partial charge in [0.25, 0.3) is 0 Å². The molecule has 1 aromatic heterocycles. The Hall–Kier alpha value is -3.17. The molecular formula is C24H27N5O3S. The van der Waals surface area contributed by atoms with Crippen LogP contribution in [0.1, 0.15) is 12.8 Å². The van der Waals surface area contributed by atoms with Crippen LogP contribution in [0.25, 0.3) is 10.2 Å². The third kappa shape index (κ3) is 5.09. The van der Waals surface area contributed by atoms with E-state index in [1.807, 2.05) is 48.5 Å². The van der Waals surface area contributed by atoms with Crippen molar-refractivity contribution in [2.75, 3.05) is 54.9 Å². The molecule has 0 atom stereocenters. The van der Waals surface area contributed by atoms with Gasteiger partial charge in [-0.1, -0.05) is 29.5 Å². The molecule has 9 heteroatoms. The van der Waals surface area contributed by atoms with Crippen LogP contribution in [0, 0.1) is 5.92 Å². The van der Waals surface area contributed by atoms with Crippen LogP contribution < -0.4 is 15.5 Å². The van der Waals surface area contributed by atoms with E-state index in [-0.39, 0.29) is 17.9 Å². The van der Waals surface area contributed by atoms with E-state index >= 15 is 0 Å². The first-order valence-corrected chi connectivity index (χ1v) is 12.1. The lowest BCUT2D eigenvalue weighted by Gasteiger charge is -2.31. The number of carbonyl (C=O) groups excluding carboxylic acids is 2. The van der Waals surface area contributed by atoms with Gasteiger partial charge in [0, 0.05) is 43.5 Å². The number of urea groups is 1. The van der Waals surface area contributed by atoms with Crippen LogP contribution in [0.5, 0.6) is 0 Å². The number of likely N-dealkylation sites (tertiary alicyclic amines) is 1. The van der Waals surface area contributed by atoms with Crippen LogP contribution >= 0.6 is 11.3 Å². The molecule has 0 aliphatic carbocycles. The van der Waals surface area contributed by atoms with Crippen molar-refractivity contribution in [3.05, 3.63) is 48.5 Å². The fourth-order valence-corrected chi connectivity index (χ4v) is 5.25. The highest BCUT2D eigenvalue weighted by molar-refractivity contribution is 7.22. The monoisotopic (exact) mass is 465 g/mol. The maximum Gasteiger partial charge on any atom is 0.321 e. The van der Waals surface area contributed by atoms with E-state index in [0.717, 1.165) is 53.0 Å². The Bertz CT molecular complexity index is 1120. The first-order chi connectivity index (χ1) is 16.2. The van der Waals surface area contributed by atoms with Crippen molar-refractivity contribution in [3.8, 4) is 0 Å². The molecule has 3 aromatic rings. The highest BCUT2D eigenvalue weighted by Crippen LogP contribution is 2.31. The molecule has 2 aliphatic heterocycles. The number of aromatic nitrogens is 1. The largest absolute Gasteiger partial charge is 0.378 e. The smallest absolute Gasteiger partial charge is 0.321 e. The first-order valence-electron chi connectivity index (χ1n) is 11.3. The molecule has 5 rings (SSSR count). The number of carbonyl (C=O) groups is 2. The molecule has 0 radical (unpaired) electrons. The van der Waals surface area contributed by atoms with E-state index < -0.39 is 0 Å². The van der Waals surface area contributed by atoms with Gasteiger partial charge >= 0.3 is 6.03 Å². The highest BCUT2D eigenvalue weighted by atomic mass is 32.1. The van der Waals surface area contributed by atoms with Gasteiger partial charge in [-0.25, -0.2) is 9.78 Å². The number of morpholine rings is 1. The summed E-state index contributed by atoms with van der Waals surface area (Å²) in [5.74, 6) is -0.0952. The van der Waals surface area contributed by atoms with Crippen molar-refractivity contribution >= 4 is 50.0 Å². The maximum atomic E-state index is 12.9. The predicted molar refractivity (Wildman–Crippen MR) is 131 cm³/mol. The van der Waals surface area contributed by atoms with Gasteiger partial charge in [0.05, 0.1) is 23.4 Å². The third-order valence-corrected chi connectivity index (χ3v) is 7.18. The van der Waals surface area contributed by atoms with Gasteiger partial charge in [-0.15, -0.1) is 0 Å². The lowest BCUT2D eigenvalue weighted by molar-refractivity contribution is -0.121. The number of para-hydroxylation sites is 1. The van der Waals surface area contributed by atoms with Crippen molar-refractivity contribution in [1.82, 2.24) is 9.88 Å². The van der Waals surface area contributed by atoms with E-state index in [1.165, 1.54) is 0 Å². The molecule has 0 spiro atoms. The second-order valence-corrected chi connectivity index (χ2v) is 9.33. The zero-order valence-electron chi connectivity index (χ0n) is 18.3. The van der Waals surface area contributed by atoms with Crippen molar-refractivity contribution in [2.24, 2.45) is 5.92 Å². The number of thiazole rings is 1.